The standard InChI is InChI=1S/C9H12N4O/c1-10-6-8-11-9(12-13(8)2)7-4-3-5-14-7/h3-5,10H,6H2,1-2H3. The van der Waals surface area contributed by atoms with Gasteiger partial charge in [-0.25, -0.2) is 4.98 Å². The van der Waals surface area contributed by atoms with Gasteiger partial charge in [0.15, 0.2) is 5.76 Å². The lowest BCUT2D eigenvalue weighted by Gasteiger charge is -1.95. The Balaban J connectivity index is 2.33. The molecule has 0 saturated carbocycles. The fourth-order valence-corrected chi connectivity index (χ4v) is 1.24. The van der Waals surface area contributed by atoms with Crippen LogP contribution in [0.25, 0.3) is 11.6 Å². The molecule has 14 heavy (non-hydrogen) atoms. The second kappa shape index (κ2) is 3.63. The molecule has 0 spiro atoms. The molecule has 0 unspecified atom stereocenters. The molecular weight excluding hydrogens is 180 g/mol. The van der Waals surface area contributed by atoms with Crippen LogP contribution in [0.4, 0.5) is 0 Å². The molecular formula is C9H12N4O. The van der Waals surface area contributed by atoms with E-state index >= 15 is 0 Å². The minimum atomic E-state index is 0.628. The molecule has 2 aromatic rings. The van der Waals surface area contributed by atoms with Crippen LogP contribution in [-0.2, 0) is 13.6 Å². The topological polar surface area (TPSA) is 55.9 Å². The molecule has 0 aliphatic heterocycles. The average Bonchev–Trinajstić information content (AvgIpc) is 2.76. The van der Waals surface area contributed by atoms with E-state index in [0.717, 1.165) is 5.82 Å². The molecule has 0 bridgehead atoms. The number of hydrogen-bond donors (Lipinski definition) is 1. The third-order valence-electron chi connectivity index (χ3n) is 1.93. The van der Waals surface area contributed by atoms with Crippen LogP contribution >= 0.6 is 0 Å². The second-order valence-electron chi connectivity index (χ2n) is 2.98. The lowest BCUT2D eigenvalue weighted by Crippen LogP contribution is -2.10. The Morgan fingerprint density at radius 1 is 1.57 bits per heavy atom. The van der Waals surface area contributed by atoms with Crippen LogP contribution in [0.15, 0.2) is 22.8 Å². The first kappa shape index (κ1) is 8.96. The monoisotopic (exact) mass is 192 g/mol. The van der Waals surface area contributed by atoms with Crippen LogP contribution in [0, 0.1) is 0 Å². The van der Waals surface area contributed by atoms with Gasteiger partial charge in [0.05, 0.1) is 12.8 Å². The minimum Gasteiger partial charge on any atom is -0.461 e. The number of rotatable bonds is 3. The van der Waals surface area contributed by atoms with E-state index in [1.54, 1.807) is 10.9 Å². The van der Waals surface area contributed by atoms with Gasteiger partial charge in [-0.2, -0.15) is 0 Å². The fourth-order valence-electron chi connectivity index (χ4n) is 1.24. The van der Waals surface area contributed by atoms with Crippen molar-refractivity contribution in [1.29, 1.82) is 0 Å². The van der Waals surface area contributed by atoms with Crippen LogP contribution in [0.2, 0.25) is 0 Å². The smallest absolute Gasteiger partial charge is 0.217 e. The number of aromatic nitrogens is 3. The van der Waals surface area contributed by atoms with E-state index in [4.69, 9.17) is 4.42 Å². The molecule has 0 amide bonds. The predicted molar refractivity (Wildman–Crippen MR) is 51.5 cm³/mol. The van der Waals surface area contributed by atoms with Gasteiger partial charge in [0.25, 0.3) is 0 Å². The molecule has 2 heterocycles. The Bertz CT molecular complexity index is 404. The Kier molecular flexibility index (Phi) is 2.32. The first-order valence-corrected chi connectivity index (χ1v) is 4.39. The van der Waals surface area contributed by atoms with Crippen molar-refractivity contribution < 1.29 is 4.42 Å². The number of hydrogen-bond acceptors (Lipinski definition) is 4. The summed E-state index contributed by atoms with van der Waals surface area (Å²) in [7, 11) is 3.74. The van der Waals surface area contributed by atoms with Crippen LogP contribution in [0.3, 0.4) is 0 Å². The highest BCUT2D eigenvalue weighted by Crippen LogP contribution is 2.15. The molecule has 1 N–H and O–H groups in total. The van der Waals surface area contributed by atoms with E-state index in [2.05, 4.69) is 15.4 Å². The first-order valence-electron chi connectivity index (χ1n) is 4.39. The second-order valence-corrected chi connectivity index (χ2v) is 2.98. The van der Waals surface area contributed by atoms with Crippen molar-refractivity contribution in [1.82, 2.24) is 20.1 Å². The summed E-state index contributed by atoms with van der Waals surface area (Å²) in [5.74, 6) is 2.21. The van der Waals surface area contributed by atoms with Gasteiger partial charge in [0.1, 0.15) is 5.82 Å². The molecule has 2 rings (SSSR count). The van der Waals surface area contributed by atoms with Crippen LogP contribution in [-0.4, -0.2) is 21.8 Å². The van der Waals surface area contributed by atoms with Gasteiger partial charge >= 0.3 is 0 Å². The molecule has 74 valence electrons. The minimum absolute atomic E-state index is 0.628. The molecule has 0 aromatic carbocycles. The molecule has 5 heteroatoms. The summed E-state index contributed by atoms with van der Waals surface area (Å²) in [4.78, 5) is 4.34. The molecule has 0 aliphatic rings. The Morgan fingerprint density at radius 3 is 3.07 bits per heavy atom. The van der Waals surface area contributed by atoms with Crippen molar-refractivity contribution in [3.05, 3.63) is 24.2 Å². The number of nitrogens with zero attached hydrogens (tertiary/aromatic N) is 3. The van der Waals surface area contributed by atoms with Gasteiger partial charge in [-0.3, -0.25) is 4.68 Å². The Labute approximate surface area is 81.8 Å². The van der Waals surface area contributed by atoms with Crippen LogP contribution in [0.5, 0.6) is 0 Å². The average molecular weight is 192 g/mol. The normalized spacial score (nSPS) is 10.7. The lowest BCUT2D eigenvalue weighted by atomic mass is 10.4. The zero-order valence-corrected chi connectivity index (χ0v) is 8.19. The zero-order chi connectivity index (χ0) is 9.97. The van der Waals surface area contributed by atoms with Gasteiger partial charge in [-0.05, 0) is 19.2 Å². The van der Waals surface area contributed by atoms with E-state index < -0.39 is 0 Å². The molecule has 0 aliphatic carbocycles. The highest BCUT2D eigenvalue weighted by Gasteiger charge is 2.09. The van der Waals surface area contributed by atoms with E-state index in [-0.39, 0.29) is 0 Å². The summed E-state index contributed by atoms with van der Waals surface area (Å²) in [6, 6.07) is 3.67. The van der Waals surface area contributed by atoms with Gasteiger partial charge in [0, 0.05) is 7.05 Å². The van der Waals surface area contributed by atoms with E-state index in [0.29, 0.717) is 18.1 Å². The van der Waals surface area contributed by atoms with Crippen molar-refractivity contribution in [3.63, 3.8) is 0 Å². The third-order valence-corrected chi connectivity index (χ3v) is 1.93. The van der Waals surface area contributed by atoms with Crippen LogP contribution < -0.4 is 5.32 Å². The maximum Gasteiger partial charge on any atom is 0.217 e. The lowest BCUT2D eigenvalue weighted by molar-refractivity contribution is 0.576. The van der Waals surface area contributed by atoms with Crippen molar-refractivity contribution >= 4 is 0 Å². The summed E-state index contributed by atoms with van der Waals surface area (Å²) in [6.07, 6.45) is 1.61. The first-order chi connectivity index (χ1) is 6.81. The molecule has 2 aromatic heterocycles. The van der Waals surface area contributed by atoms with E-state index in [9.17, 15) is 0 Å². The van der Waals surface area contributed by atoms with Gasteiger partial charge < -0.3 is 9.73 Å². The van der Waals surface area contributed by atoms with Crippen molar-refractivity contribution in [2.45, 2.75) is 6.54 Å². The van der Waals surface area contributed by atoms with Crippen molar-refractivity contribution in [2.24, 2.45) is 7.05 Å². The number of aryl methyl sites for hydroxylation is 1. The third kappa shape index (κ3) is 1.54. The summed E-state index contributed by atoms with van der Waals surface area (Å²) in [6.45, 7) is 0.699. The fraction of sp³-hybridized carbons (Fsp3) is 0.333. The molecule has 0 saturated heterocycles. The largest absolute Gasteiger partial charge is 0.461 e. The van der Waals surface area contributed by atoms with E-state index in [1.807, 2.05) is 26.2 Å². The molecule has 0 radical (unpaired) electrons. The molecule has 0 fully saturated rings. The van der Waals surface area contributed by atoms with Gasteiger partial charge in [0.2, 0.25) is 5.82 Å². The summed E-state index contributed by atoms with van der Waals surface area (Å²) >= 11 is 0. The summed E-state index contributed by atoms with van der Waals surface area (Å²) < 4.78 is 6.95. The number of nitrogens with one attached hydrogen (secondary N) is 1. The van der Waals surface area contributed by atoms with Crippen molar-refractivity contribution in [2.75, 3.05) is 7.05 Å². The summed E-state index contributed by atoms with van der Waals surface area (Å²) in [5.41, 5.74) is 0. The van der Waals surface area contributed by atoms with Crippen LogP contribution in [0.1, 0.15) is 5.82 Å². The number of furan rings is 1. The van der Waals surface area contributed by atoms with Gasteiger partial charge in [-0.1, -0.05) is 0 Å². The maximum atomic E-state index is 5.21. The quantitative estimate of drug-likeness (QED) is 0.781. The molecule has 5 nitrogen and oxygen atoms in total. The predicted octanol–water partition coefficient (Wildman–Crippen LogP) is 0.794. The molecule has 0 atom stereocenters. The van der Waals surface area contributed by atoms with E-state index in [1.165, 1.54) is 0 Å². The van der Waals surface area contributed by atoms with Crippen molar-refractivity contribution in [3.8, 4) is 11.6 Å². The maximum absolute atomic E-state index is 5.21. The SMILES string of the molecule is CNCc1nc(-c2ccco2)nn1C. The Morgan fingerprint density at radius 2 is 2.43 bits per heavy atom. The highest BCUT2D eigenvalue weighted by atomic mass is 16.3. The zero-order valence-electron chi connectivity index (χ0n) is 8.19. The highest BCUT2D eigenvalue weighted by molar-refractivity contribution is 5.45. The van der Waals surface area contributed by atoms with Gasteiger partial charge in [-0.15, -0.1) is 5.10 Å². The Hall–Kier alpha value is -1.62. The summed E-state index contributed by atoms with van der Waals surface area (Å²) in [5, 5.41) is 7.27.